The van der Waals surface area contributed by atoms with Crippen molar-refractivity contribution in [2.75, 3.05) is 5.75 Å². The molecule has 0 aliphatic heterocycles. The fraction of sp³-hybridized carbons (Fsp3) is 0.714. The number of hydrogen-bond acceptors (Lipinski definition) is 4. The molecule has 1 unspecified atom stereocenters. The third-order valence-corrected chi connectivity index (χ3v) is 2.70. The standard InChI is InChI=1S/C7H12N2O2S/c1-2-5(3-8)12-4-6(9)7(10)11/h5-6H,2,4,9H2,1H3,(H,10,11)/t5?,6-/m0/s1. The molecule has 0 amide bonds. The van der Waals surface area contributed by atoms with Crippen LogP contribution in [0.2, 0.25) is 0 Å². The molecule has 0 aliphatic carbocycles. The van der Waals surface area contributed by atoms with Gasteiger partial charge in [-0.25, -0.2) is 0 Å². The van der Waals surface area contributed by atoms with Crippen molar-refractivity contribution < 1.29 is 9.90 Å². The van der Waals surface area contributed by atoms with E-state index in [0.29, 0.717) is 12.2 Å². The van der Waals surface area contributed by atoms with E-state index in [9.17, 15) is 4.79 Å². The highest BCUT2D eigenvalue weighted by Crippen LogP contribution is 2.13. The predicted octanol–water partition coefficient (Wildman–Crippen LogP) is 0.434. The van der Waals surface area contributed by atoms with Crippen LogP contribution < -0.4 is 5.73 Å². The summed E-state index contributed by atoms with van der Waals surface area (Å²) in [5, 5.41) is 16.8. The average Bonchev–Trinajstić information content (AvgIpc) is 2.05. The molecule has 0 aromatic carbocycles. The summed E-state index contributed by atoms with van der Waals surface area (Å²) in [6, 6.07) is 1.20. The Bertz CT molecular complexity index is 190. The van der Waals surface area contributed by atoms with Crippen LogP contribution in [0.4, 0.5) is 0 Å². The molecule has 0 fully saturated rings. The lowest BCUT2D eigenvalue weighted by atomic mass is 10.4. The summed E-state index contributed by atoms with van der Waals surface area (Å²) in [5.41, 5.74) is 5.24. The molecule has 68 valence electrons. The van der Waals surface area contributed by atoms with Crippen LogP contribution in [0.25, 0.3) is 0 Å². The van der Waals surface area contributed by atoms with Crippen molar-refractivity contribution in [3.05, 3.63) is 0 Å². The molecular formula is C7H12N2O2S. The van der Waals surface area contributed by atoms with E-state index in [1.165, 1.54) is 11.8 Å². The summed E-state index contributed by atoms with van der Waals surface area (Å²) in [4.78, 5) is 10.3. The Balaban J connectivity index is 3.68. The largest absolute Gasteiger partial charge is 0.480 e. The molecule has 0 heterocycles. The van der Waals surface area contributed by atoms with Gasteiger partial charge in [-0.15, -0.1) is 11.8 Å². The van der Waals surface area contributed by atoms with Crippen LogP contribution in [-0.2, 0) is 4.79 Å². The van der Waals surface area contributed by atoms with Crippen molar-refractivity contribution in [3.63, 3.8) is 0 Å². The van der Waals surface area contributed by atoms with Gasteiger partial charge in [0.05, 0.1) is 11.3 Å². The number of aliphatic carboxylic acids is 1. The Kier molecular flexibility index (Phi) is 5.51. The van der Waals surface area contributed by atoms with Gasteiger partial charge in [-0.3, -0.25) is 4.79 Å². The maximum absolute atomic E-state index is 10.3. The van der Waals surface area contributed by atoms with E-state index in [4.69, 9.17) is 16.1 Å². The molecule has 2 atom stereocenters. The lowest BCUT2D eigenvalue weighted by molar-refractivity contribution is -0.137. The van der Waals surface area contributed by atoms with Crippen molar-refractivity contribution in [1.29, 1.82) is 5.26 Å². The van der Waals surface area contributed by atoms with Gasteiger partial charge < -0.3 is 10.8 Å². The Morgan fingerprint density at radius 2 is 2.42 bits per heavy atom. The Morgan fingerprint density at radius 3 is 2.75 bits per heavy atom. The van der Waals surface area contributed by atoms with Gasteiger partial charge in [0, 0.05) is 5.75 Å². The minimum absolute atomic E-state index is 0.143. The Labute approximate surface area is 75.7 Å². The van der Waals surface area contributed by atoms with Gasteiger partial charge in [0.2, 0.25) is 0 Å². The molecule has 12 heavy (non-hydrogen) atoms. The number of nitrogens with zero attached hydrogens (tertiary/aromatic N) is 1. The summed E-state index contributed by atoms with van der Waals surface area (Å²) in [6.45, 7) is 1.88. The molecule has 5 heteroatoms. The molecule has 0 saturated carbocycles. The van der Waals surface area contributed by atoms with E-state index in [1.807, 2.05) is 6.92 Å². The number of carboxylic acids is 1. The Hall–Kier alpha value is -0.730. The van der Waals surface area contributed by atoms with E-state index in [1.54, 1.807) is 0 Å². The van der Waals surface area contributed by atoms with Crippen LogP contribution in [-0.4, -0.2) is 28.1 Å². The second kappa shape index (κ2) is 5.86. The summed E-state index contributed by atoms with van der Waals surface area (Å²) < 4.78 is 0. The number of thioether (sulfide) groups is 1. The molecule has 4 nitrogen and oxygen atoms in total. The first kappa shape index (κ1) is 11.3. The highest BCUT2D eigenvalue weighted by Gasteiger charge is 2.14. The van der Waals surface area contributed by atoms with Gasteiger partial charge in [0.1, 0.15) is 6.04 Å². The maximum Gasteiger partial charge on any atom is 0.321 e. The zero-order valence-corrected chi connectivity index (χ0v) is 7.67. The van der Waals surface area contributed by atoms with Crippen LogP contribution in [0, 0.1) is 11.3 Å². The van der Waals surface area contributed by atoms with E-state index < -0.39 is 12.0 Å². The molecular weight excluding hydrogens is 176 g/mol. The first-order chi connectivity index (χ1) is 5.61. The highest BCUT2D eigenvalue weighted by atomic mass is 32.2. The summed E-state index contributed by atoms with van der Waals surface area (Å²) in [6.07, 6.45) is 0.716. The van der Waals surface area contributed by atoms with Crippen LogP contribution >= 0.6 is 11.8 Å². The fourth-order valence-electron chi connectivity index (χ4n) is 0.538. The van der Waals surface area contributed by atoms with Crippen molar-refractivity contribution >= 4 is 17.7 Å². The lowest BCUT2D eigenvalue weighted by Gasteiger charge is -2.08. The smallest absolute Gasteiger partial charge is 0.321 e. The summed E-state index contributed by atoms with van der Waals surface area (Å²) >= 11 is 1.29. The fourth-order valence-corrected chi connectivity index (χ4v) is 1.43. The van der Waals surface area contributed by atoms with E-state index in [2.05, 4.69) is 6.07 Å². The zero-order chi connectivity index (χ0) is 9.56. The molecule has 0 spiro atoms. The summed E-state index contributed by atoms with van der Waals surface area (Å²) in [5.74, 6) is -0.725. The topological polar surface area (TPSA) is 87.1 Å². The van der Waals surface area contributed by atoms with Gasteiger partial charge >= 0.3 is 5.97 Å². The normalized spacial score (nSPS) is 14.8. The number of nitriles is 1. The molecule has 0 aromatic rings. The third kappa shape index (κ3) is 4.21. The lowest BCUT2D eigenvalue weighted by Crippen LogP contribution is -2.33. The van der Waals surface area contributed by atoms with Crippen molar-refractivity contribution in [2.45, 2.75) is 24.6 Å². The van der Waals surface area contributed by atoms with Gasteiger partial charge in [0.15, 0.2) is 0 Å². The third-order valence-electron chi connectivity index (χ3n) is 1.31. The number of carboxylic acid groups (broad SMARTS) is 1. The predicted molar refractivity (Wildman–Crippen MR) is 47.8 cm³/mol. The van der Waals surface area contributed by atoms with Gasteiger partial charge in [-0.2, -0.15) is 5.26 Å². The first-order valence-corrected chi connectivity index (χ1v) is 4.66. The Morgan fingerprint density at radius 1 is 1.83 bits per heavy atom. The van der Waals surface area contributed by atoms with Crippen molar-refractivity contribution in [3.8, 4) is 6.07 Å². The molecule has 0 saturated heterocycles. The van der Waals surface area contributed by atoms with Crippen molar-refractivity contribution in [1.82, 2.24) is 0 Å². The van der Waals surface area contributed by atoms with Gasteiger partial charge in [-0.05, 0) is 6.42 Å². The van der Waals surface area contributed by atoms with Crippen LogP contribution in [0.1, 0.15) is 13.3 Å². The average molecular weight is 188 g/mol. The molecule has 3 N–H and O–H groups in total. The van der Waals surface area contributed by atoms with Crippen LogP contribution in [0.15, 0.2) is 0 Å². The van der Waals surface area contributed by atoms with E-state index in [0.717, 1.165) is 0 Å². The van der Waals surface area contributed by atoms with Gasteiger partial charge in [-0.1, -0.05) is 6.92 Å². The number of carbonyl (C=O) groups is 1. The number of hydrogen-bond donors (Lipinski definition) is 2. The van der Waals surface area contributed by atoms with Crippen molar-refractivity contribution in [2.24, 2.45) is 5.73 Å². The van der Waals surface area contributed by atoms with E-state index >= 15 is 0 Å². The second-order valence-electron chi connectivity index (χ2n) is 2.30. The molecule has 0 rings (SSSR count). The molecule has 0 bridgehead atoms. The minimum Gasteiger partial charge on any atom is -0.480 e. The highest BCUT2D eigenvalue weighted by molar-refractivity contribution is 8.00. The minimum atomic E-state index is -1.02. The monoisotopic (exact) mass is 188 g/mol. The molecule has 0 aliphatic rings. The molecule has 0 aromatic heterocycles. The summed E-state index contributed by atoms with van der Waals surface area (Å²) in [7, 11) is 0. The second-order valence-corrected chi connectivity index (χ2v) is 3.54. The first-order valence-electron chi connectivity index (χ1n) is 3.61. The van der Waals surface area contributed by atoms with Gasteiger partial charge in [0.25, 0.3) is 0 Å². The SMILES string of the molecule is CCC(C#N)SC[C@H](N)C(=O)O. The quantitative estimate of drug-likeness (QED) is 0.653. The maximum atomic E-state index is 10.3. The van der Waals surface area contributed by atoms with Crippen LogP contribution in [0.5, 0.6) is 0 Å². The number of rotatable bonds is 5. The molecule has 0 radical (unpaired) electrons. The zero-order valence-electron chi connectivity index (χ0n) is 6.86. The van der Waals surface area contributed by atoms with E-state index in [-0.39, 0.29) is 5.25 Å². The van der Waals surface area contributed by atoms with Crippen LogP contribution in [0.3, 0.4) is 0 Å². The number of nitrogens with two attached hydrogens (primary N) is 1.